The summed E-state index contributed by atoms with van der Waals surface area (Å²) < 4.78 is 0. The van der Waals surface area contributed by atoms with E-state index in [1.165, 1.54) is 41.6 Å². The number of piperidine rings is 2. The molecule has 3 aromatic carbocycles. The van der Waals surface area contributed by atoms with Crippen molar-refractivity contribution < 1.29 is 19.5 Å². The number of carbonyl (C=O) groups is 3. The van der Waals surface area contributed by atoms with E-state index >= 15 is 0 Å². The highest BCUT2D eigenvalue weighted by Crippen LogP contribution is 2.46. The molecule has 0 radical (unpaired) electrons. The van der Waals surface area contributed by atoms with Gasteiger partial charge in [0.25, 0.3) is 5.91 Å². The molecule has 0 saturated carbocycles. The molecule has 2 N–H and O–H groups in total. The van der Waals surface area contributed by atoms with Crippen LogP contribution in [0.25, 0.3) is 0 Å². The van der Waals surface area contributed by atoms with E-state index in [-0.39, 0.29) is 29.6 Å². The van der Waals surface area contributed by atoms with E-state index in [0.717, 1.165) is 69.9 Å². The van der Waals surface area contributed by atoms with Gasteiger partial charge < -0.3 is 19.8 Å². The summed E-state index contributed by atoms with van der Waals surface area (Å²) >= 11 is 0. The van der Waals surface area contributed by atoms with Gasteiger partial charge in [0.15, 0.2) is 0 Å². The number of hydrogen-bond acceptors (Lipinski definition) is 7. The quantitative estimate of drug-likeness (QED) is 0.276. The van der Waals surface area contributed by atoms with E-state index < -0.39 is 6.04 Å². The highest BCUT2D eigenvalue weighted by molar-refractivity contribution is 6.05. The molecule has 4 heterocycles. The maximum Gasteiger partial charge on any atom is 0.255 e. The number of phenols is 1. The number of carbonyl (C=O) groups excluding carboxylic acids is 3. The number of amides is 3. The minimum atomic E-state index is -0.582. The van der Waals surface area contributed by atoms with Gasteiger partial charge in [-0.1, -0.05) is 39.0 Å². The first-order chi connectivity index (χ1) is 25.5. The molecule has 5 aliphatic rings. The topological polar surface area (TPSA) is 96.4 Å². The zero-order valence-electron chi connectivity index (χ0n) is 31.7. The van der Waals surface area contributed by atoms with Crippen LogP contribution in [0.3, 0.4) is 0 Å². The molecule has 4 aliphatic heterocycles. The summed E-state index contributed by atoms with van der Waals surface area (Å²) in [4.78, 5) is 46.5. The van der Waals surface area contributed by atoms with Crippen LogP contribution in [-0.2, 0) is 22.6 Å². The van der Waals surface area contributed by atoms with Crippen LogP contribution in [-0.4, -0.2) is 84.5 Å². The van der Waals surface area contributed by atoms with Gasteiger partial charge in [0.1, 0.15) is 11.8 Å². The summed E-state index contributed by atoms with van der Waals surface area (Å²) in [7, 11) is 0. The smallest absolute Gasteiger partial charge is 0.255 e. The fourth-order valence-corrected chi connectivity index (χ4v) is 9.91. The number of benzene rings is 3. The van der Waals surface area contributed by atoms with Crippen LogP contribution in [0.1, 0.15) is 97.8 Å². The van der Waals surface area contributed by atoms with Crippen LogP contribution in [0.5, 0.6) is 5.75 Å². The van der Waals surface area contributed by atoms with Crippen molar-refractivity contribution in [3.63, 3.8) is 0 Å². The number of imide groups is 1. The number of piperazine rings is 1. The van der Waals surface area contributed by atoms with Crippen molar-refractivity contribution in [2.45, 2.75) is 84.2 Å². The lowest BCUT2D eigenvalue weighted by molar-refractivity contribution is -0.136. The van der Waals surface area contributed by atoms with E-state index in [2.05, 4.69) is 77.2 Å². The van der Waals surface area contributed by atoms with Crippen molar-refractivity contribution in [3.8, 4) is 5.75 Å². The molecular weight excluding hydrogens is 663 g/mol. The molecule has 1 aliphatic carbocycles. The Morgan fingerprint density at radius 2 is 1.47 bits per heavy atom. The molecule has 3 amide bonds. The van der Waals surface area contributed by atoms with Gasteiger partial charge in [0.2, 0.25) is 11.8 Å². The Morgan fingerprint density at radius 1 is 0.755 bits per heavy atom. The fraction of sp³-hybridized carbons (Fsp3) is 0.523. The average molecular weight is 718 g/mol. The Bertz CT molecular complexity index is 1850. The summed E-state index contributed by atoms with van der Waals surface area (Å²) in [5.74, 6) is 1.28. The maximum absolute atomic E-state index is 13.1. The van der Waals surface area contributed by atoms with Crippen LogP contribution in [0.4, 0.5) is 11.4 Å². The summed E-state index contributed by atoms with van der Waals surface area (Å²) in [6.07, 6.45) is 6.44. The molecule has 9 heteroatoms. The molecular formula is C44H55N5O4. The molecule has 0 spiro atoms. The average Bonchev–Trinajstić information content (AvgIpc) is 3.46. The van der Waals surface area contributed by atoms with Crippen molar-refractivity contribution in [1.29, 1.82) is 0 Å². The number of fused-ring (bicyclic) bond motifs is 2. The number of nitrogens with one attached hydrogen (secondary N) is 1. The van der Waals surface area contributed by atoms with Crippen molar-refractivity contribution >= 4 is 29.1 Å². The second-order valence-electron chi connectivity index (χ2n) is 17.5. The first kappa shape index (κ1) is 35.6. The lowest BCUT2D eigenvalue weighted by atomic mass is 9.67. The minimum absolute atomic E-state index is 0.119. The number of hydrogen-bond donors (Lipinski definition) is 2. The van der Waals surface area contributed by atoms with Crippen LogP contribution >= 0.6 is 0 Å². The van der Waals surface area contributed by atoms with Gasteiger partial charge in [-0.05, 0) is 120 Å². The van der Waals surface area contributed by atoms with Crippen LogP contribution in [0, 0.1) is 17.3 Å². The number of anilines is 2. The zero-order valence-corrected chi connectivity index (χ0v) is 31.7. The molecule has 8 rings (SSSR count). The Labute approximate surface area is 314 Å². The van der Waals surface area contributed by atoms with Gasteiger partial charge in [0, 0.05) is 81.6 Å². The normalized spacial score (nSPS) is 24.3. The van der Waals surface area contributed by atoms with Crippen LogP contribution in [0.2, 0.25) is 0 Å². The van der Waals surface area contributed by atoms with Gasteiger partial charge >= 0.3 is 0 Å². The second kappa shape index (κ2) is 14.5. The van der Waals surface area contributed by atoms with Crippen molar-refractivity contribution in [2.24, 2.45) is 17.3 Å². The highest BCUT2D eigenvalue weighted by atomic mass is 16.3. The largest absolute Gasteiger partial charge is 0.508 e. The summed E-state index contributed by atoms with van der Waals surface area (Å²) in [5, 5.41) is 12.6. The first-order valence-electron chi connectivity index (χ1n) is 19.9. The third-order valence-corrected chi connectivity index (χ3v) is 12.6. The molecule has 0 unspecified atom stereocenters. The van der Waals surface area contributed by atoms with E-state index in [1.54, 1.807) is 4.90 Å². The molecule has 280 valence electrons. The minimum Gasteiger partial charge on any atom is -0.508 e. The second-order valence-corrected chi connectivity index (χ2v) is 17.5. The Kier molecular flexibility index (Phi) is 9.73. The molecule has 53 heavy (non-hydrogen) atoms. The number of phenolic OH excluding ortho intramolecular Hbond substituents is 1. The molecule has 9 nitrogen and oxygen atoms in total. The van der Waals surface area contributed by atoms with Gasteiger partial charge in [-0.3, -0.25) is 24.6 Å². The Balaban J connectivity index is 0.830. The van der Waals surface area contributed by atoms with E-state index in [0.29, 0.717) is 42.0 Å². The SMILES string of the molecule is CC(C)(C)C[C@H]1CCc2cc(O)ccc2[C@H]1c1ccc(N2CCC(CN3CCN(c4ccc5c(c4)CN([C@H]4CCC(=O)NC4=O)C5=O)CC3)CC2)cc1. The maximum atomic E-state index is 13.1. The Morgan fingerprint density at radius 3 is 2.19 bits per heavy atom. The summed E-state index contributed by atoms with van der Waals surface area (Å²) in [6.45, 7) is 14.8. The van der Waals surface area contributed by atoms with E-state index in [4.69, 9.17) is 0 Å². The van der Waals surface area contributed by atoms with Gasteiger partial charge in [-0.2, -0.15) is 0 Å². The summed E-state index contributed by atoms with van der Waals surface area (Å²) in [6, 6.07) is 21.0. The molecule has 0 aromatic heterocycles. The molecule has 0 bridgehead atoms. The predicted octanol–water partition coefficient (Wildman–Crippen LogP) is 6.32. The number of aromatic hydroxyl groups is 1. The highest BCUT2D eigenvalue weighted by Gasteiger charge is 2.39. The molecule has 3 saturated heterocycles. The third-order valence-electron chi connectivity index (χ3n) is 12.6. The van der Waals surface area contributed by atoms with Crippen LogP contribution in [0.15, 0.2) is 60.7 Å². The van der Waals surface area contributed by atoms with Crippen molar-refractivity contribution in [1.82, 2.24) is 15.1 Å². The van der Waals surface area contributed by atoms with Crippen molar-refractivity contribution in [2.75, 3.05) is 55.6 Å². The van der Waals surface area contributed by atoms with Crippen molar-refractivity contribution in [3.05, 3.63) is 88.5 Å². The predicted molar refractivity (Wildman–Crippen MR) is 208 cm³/mol. The zero-order chi connectivity index (χ0) is 36.9. The van der Waals surface area contributed by atoms with Gasteiger partial charge in [-0.25, -0.2) is 0 Å². The number of aryl methyl sites for hydroxylation is 1. The molecule has 3 aromatic rings. The van der Waals surface area contributed by atoms with E-state index in [1.807, 2.05) is 24.3 Å². The molecule has 3 atom stereocenters. The van der Waals surface area contributed by atoms with Crippen LogP contribution < -0.4 is 15.1 Å². The standard InChI is InChI=1S/C44H55N5O4/c1-44(2,3)26-32-5-4-31-25-36(50)11-13-37(31)41(32)30-6-8-34(9-7-30)47-18-16-29(17-19-47)27-46-20-22-48(23-21-46)35-10-12-38-33(24-35)28-49(43(38)53)39-14-15-40(51)45-42(39)52/h6-13,24-25,29,32,39,41,50H,4-5,14-23,26-28H2,1-3H3,(H,45,51,52)/t32-,39+,41+/m1/s1. The van der Waals surface area contributed by atoms with E-state index in [9.17, 15) is 19.5 Å². The molecule has 3 fully saturated rings. The summed E-state index contributed by atoms with van der Waals surface area (Å²) in [5.41, 5.74) is 8.45. The monoisotopic (exact) mass is 717 g/mol. The number of rotatable bonds is 7. The number of nitrogens with zero attached hydrogens (tertiary/aromatic N) is 4. The lowest BCUT2D eigenvalue weighted by Crippen LogP contribution is -2.52. The third kappa shape index (κ3) is 7.55. The van der Waals surface area contributed by atoms with Gasteiger partial charge in [-0.15, -0.1) is 0 Å². The lowest BCUT2D eigenvalue weighted by Gasteiger charge is -2.40. The fourth-order valence-electron chi connectivity index (χ4n) is 9.91. The first-order valence-corrected chi connectivity index (χ1v) is 19.9. The Hall–Kier alpha value is -4.37. The van der Waals surface area contributed by atoms with Gasteiger partial charge in [0.05, 0.1) is 0 Å².